The van der Waals surface area contributed by atoms with Gasteiger partial charge in [-0.25, -0.2) is 4.98 Å². The summed E-state index contributed by atoms with van der Waals surface area (Å²) >= 11 is 0. The number of rotatable bonds is 3. The molecule has 4 heteroatoms. The Kier molecular flexibility index (Phi) is 3.06. The highest BCUT2D eigenvalue weighted by molar-refractivity contribution is 5.55. The van der Waals surface area contributed by atoms with Crippen LogP contribution in [0.5, 0.6) is 5.75 Å². The number of methoxy groups -OCH3 is 1. The lowest BCUT2D eigenvalue weighted by Gasteiger charge is -2.03. The molecule has 0 unspecified atom stereocenters. The van der Waals surface area contributed by atoms with Crippen LogP contribution in [0, 0.1) is 6.92 Å². The molecular weight excluding hydrogens is 250 g/mol. The van der Waals surface area contributed by atoms with E-state index in [-0.39, 0.29) is 0 Å². The van der Waals surface area contributed by atoms with Crippen LogP contribution < -0.4 is 10.5 Å². The Morgan fingerprint density at radius 1 is 1.15 bits per heavy atom. The highest BCUT2D eigenvalue weighted by atomic mass is 16.5. The summed E-state index contributed by atoms with van der Waals surface area (Å²) in [6.45, 7) is 2.03. The lowest BCUT2D eigenvalue weighted by atomic mass is 10.1. The molecule has 2 N–H and O–H groups in total. The van der Waals surface area contributed by atoms with Crippen molar-refractivity contribution in [1.82, 2.24) is 9.38 Å². The second kappa shape index (κ2) is 4.89. The van der Waals surface area contributed by atoms with E-state index in [0.717, 1.165) is 29.2 Å². The van der Waals surface area contributed by atoms with Crippen molar-refractivity contribution in [2.75, 3.05) is 12.8 Å². The third-order valence-corrected chi connectivity index (χ3v) is 3.48. The number of ether oxygens (including phenoxy) is 1. The molecule has 0 aliphatic rings. The molecule has 20 heavy (non-hydrogen) atoms. The van der Waals surface area contributed by atoms with Gasteiger partial charge < -0.3 is 10.5 Å². The molecule has 0 saturated carbocycles. The summed E-state index contributed by atoms with van der Waals surface area (Å²) in [5.74, 6) is 1.57. The number of benzene rings is 1. The van der Waals surface area contributed by atoms with E-state index in [1.165, 1.54) is 5.56 Å². The van der Waals surface area contributed by atoms with Crippen LogP contribution in [0.3, 0.4) is 0 Å². The normalized spacial score (nSPS) is 10.9. The number of aromatic nitrogens is 2. The van der Waals surface area contributed by atoms with Gasteiger partial charge in [0, 0.05) is 12.1 Å². The summed E-state index contributed by atoms with van der Waals surface area (Å²) in [5, 5.41) is 0. The Hall–Kier alpha value is -2.49. The summed E-state index contributed by atoms with van der Waals surface area (Å²) < 4.78 is 7.15. The largest absolute Gasteiger partial charge is 0.497 e. The number of pyridine rings is 1. The molecule has 0 aliphatic carbocycles. The summed E-state index contributed by atoms with van der Waals surface area (Å²) in [5.41, 5.74) is 10.3. The van der Waals surface area contributed by atoms with E-state index < -0.39 is 0 Å². The van der Waals surface area contributed by atoms with Gasteiger partial charge in [0.15, 0.2) is 0 Å². The molecule has 0 saturated heterocycles. The third-order valence-electron chi connectivity index (χ3n) is 3.48. The molecule has 2 aromatic heterocycles. The lowest BCUT2D eigenvalue weighted by Crippen LogP contribution is -1.99. The molecule has 1 aromatic carbocycles. The van der Waals surface area contributed by atoms with Crippen molar-refractivity contribution < 1.29 is 4.74 Å². The number of hydrogen-bond acceptors (Lipinski definition) is 3. The molecule has 4 nitrogen and oxygen atoms in total. The number of aryl methyl sites for hydroxylation is 1. The van der Waals surface area contributed by atoms with Gasteiger partial charge in [-0.3, -0.25) is 4.40 Å². The first-order valence-electron chi connectivity index (χ1n) is 6.54. The molecule has 0 spiro atoms. The van der Waals surface area contributed by atoms with Crippen molar-refractivity contribution in [2.45, 2.75) is 13.3 Å². The number of fused-ring (bicyclic) bond motifs is 1. The highest BCUT2D eigenvalue weighted by Gasteiger charge is 2.11. The number of nitrogens with two attached hydrogens (primary N) is 1. The van der Waals surface area contributed by atoms with E-state index in [1.807, 2.05) is 53.8 Å². The third kappa shape index (κ3) is 2.09. The maximum atomic E-state index is 6.22. The zero-order chi connectivity index (χ0) is 14.1. The second-order valence-corrected chi connectivity index (χ2v) is 4.83. The van der Waals surface area contributed by atoms with Gasteiger partial charge in [0.1, 0.15) is 17.2 Å². The van der Waals surface area contributed by atoms with Gasteiger partial charge in [-0.15, -0.1) is 0 Å². The molecule has 0 radical (unpaired) electrons. The number of nitrogens with zero attached hydrogens (tertiary/aromatic N) is 2. The fraction of sp³-hybridized carbons (Fsp3) is 0.188. The molecular formula is C16H17N3O. The van der Waals surface area contributed by atoms with Gasteiger partial charge in [-0.1, -0.05) is 18.2 Å². The Bertz CT molecular complexity index is 744. The maximum Gasteiger partial charge on any atom is 0.138 e. The fourth-order valence-electron chi connectivity index (χ4n) is 2.40. The minimum atomic E-state index is 0.717. The average molecular weight is 267 g/mol. The van der Waals surface area contributed by atoms with Crippen LogP contribution in [0.2, 0.25) is 0 Å². The van der Waals surface area contributed by atoms with Crippen molar-refractivity contribution in [2.24, 2.45) is 0 Å². The van der Waals surface area contributed by atoms with E-state index in [1.54, 1.807) is 7.11 Å². The van der Waals surface area contributed by atoms with Crippen LogP contribution in [0.1, 0.15) is 17.0 Å². The smallest absolute Gasteiger partial charge is 0.138 e. The van der Waals surface area contributed by atoms with Gasteiger partial charge in [0.2, 0.25) is 0 Å². The zero-order valence-corrected chi connectivity index (χ0v) is 11.6. The van der Waals surface area contributed by atoms with Gasteiger partial charge in [-0.05, 0) is 36.8 Å². The predicted molar refractivity (Wildman–Crippen MR) is 80.1 cm³/mol. The molecule has 3 rings (SSSR count). The van der Waals surface area contributed by atoms with Crippen molar-refractivity contribution in [3.63, 3.8) is 0 Å². The summed E-state index contributed by atoms with van der Waals surface area (Å²) in [6.07, 6.45) is 0.719. The lowest BCUT2D eigenvalue weighted by molar-refractivity contribution is 0.414. The molecule has 0 amide bonds. The Balaban J connectivity index is 1.98. The zero-order valence-electron chi connectivity index (χ0n) is 11.6. The topological polar surface area (TPSA) is 52.5 Å². The van der Waals surface area contributed by atoms with E-state index in [9.17, 15) is 0 Å². The van der Waals surface area contributed by atoms with Gasteiger partial charge in [-0.2, -0.15) is 0 Å². The Morgan fingerprint density at radius 3 is 2.55 bits per heavy atom. The fourth-order valence-corrected chi connectivity index (χ4v) is 2.40. The summed E-state index contributed by atoms with van der Waals surface area (Å²) in [6, 6.07) is 14.0. The standard InChI is InChI=1S/C16H17N3O/c1-11-4-3-5-15-18-14(16(17)19(11)15)10-12-6-8-13(20-2)9-7-12/h3-9H,10,17H2,1-2H3. The predicted octanol–water partition coefficient (Wildman–Crippen LogP) is 2.82. The van der Waals surface area contributed by atoms with Gasteiger partial charge in [0.25, 0.3) is 0 Å². The minimum Gasteiger partial charge on any atom is -0.497 e. The van der Waals surface area contributed by atoms with E-state index in [2.05, 4.69) is 4.98 Å². The van der Waals surface area contributed by atoms with Crippen molar-refractivity contribution in [3.05, 3.63) is 59.4 Å². The minimum absolute atomic E-state index is 0.717. The van der Waals surface area contributed by atoms with Crippen LogP contribution in [0.4, 0.5) is 5.82 Å². The quantitative estimate of drug-likeness (QED) is 0.794. The van der Waals surface area contributed by atoms with Crippen LogP contribution in [-0.2, 0) is 6.42 Å². The molecule has 0 bridgehead atoms. The van der Waals surface area contributed by atoms with Crippen molar-refractivity contribution >= 4 is 11.5 Å². The average Bonchev–Trinajstić information content (AvgIpc) is 2.78. The summed E-state index contributed by atoms with van der Waals surface area (Å²) in [4.78, 5) is 4.62. The molecule has 0 aliphatic heterocycles. The number of nitrogen functional groups attached to an aromatic ring is 1. The van der Waals surface area contributed by atoms with Crippen LogP contribution in [0.15, 0.2) is 42.5 Å². The van der Waals surface area contributed by atoms with Crippen molar-refractivity contribution in [3.8, 4) is 5.75 Å². The van der Waals surface area contributed by atoms with E-state index >= 15 is 0 Å². The molecule has 3 aromatic rings. The highest BCUT2D eigenvalue weighted by Crippen LogP contribution is 2.21. The number of hydrogen-bond donors (Lipinski definition) is 1. The molecule has 102 valence electrons. The summed E-state index contributed by atoms with van der Waals surface area (Å²) in [7, 11) is 1.66. The molecule has 0 fully saturated rings. The van der Waals surface area contributed by atoms with Gasteiger partial charge in [0.05, 0.1) is 12.8 Å². The van der Waals surface area contributed by atoms with Crippen LogP contribution in [-0.4, -0.2) is 16.5 Å². The molecule has 0 atom stereocenters. The van der Waals surface area contributed by atoms with E-state index in [4.69, 9.17) is 10.5 Å². The Morgan fingerprint density at radius 2 is 1.90 bits per heavy atom. The first kappa shape index (κ1) is 12.5. The first-order valence-corrected chi connectivity index (χ1v) is 6.54. The first-order chi connectivity index (χ1) is 9.69. The molecule has 2 heterocycles. The van der Waals surface area contributed by atoms with E-state index in [0.29, 0.717) is 5.82 Å². The van der Waals surface area contributed by atoms with Crippen LogP contribution >= 0.6 is 0 Å². The monoisotopic (exact) mass is 267 g/mol. The SMILES string of the molecule is COc1ccc(Cc2nc3cccc(C)n3c2N)cc1. The van der Waals surface area contributed by atoms with Crippen molar-refractivity contribution in [1.29, 1.82) is 0 Å². The van der Waals surface area contributed by atoms with Gasteiger partial charge >= 0.3 is 0 Å². The number of anilines is 1. The van der Waals surface area contributed by atoms with Crippen LogP contribution in [0.25, 0.3) is 5.65 Å². The second-order valence-electron chi connectivity index (χ2n) is 4.83. The Labute approximate surface area is 117 Å². The number of imidazole rings is 1. The maximum absolute atomic E-state index is 6.22.